The summed E-state index contributed by atoms with van der Waals surface area (Å²) in [5.41, 5.74) is -1.92. The number of rotatable bonds is 4. The van der Waals surface area contributed by atoms with Crippen molar-refractivity contribution in [2.75, 3.05) is 6.54 Å². The Morgan fingerprint density at radius 1 is 1.41 bits per heavy atom. The predicted octanol–water partition coefficient (Wildman–Crippen LogP) is 1.60. The number of aromatic hydroxyl groups is 1. The SMILES string of the molecule is CC1=NO[C@](C)([C@H]2CNC(=O)c3c(O)c(=O)c(C(=O)NCc4ccc(F)cc4F)cn32)C1. The smallest absolute Gasteiger partial charge is 0.272 e. The van der Waals surface area contributed by atoms with Gasteiger partial charge in [0.1, 0.15) is 17.2 Å². The number of carbonyl (C=O) groups is 2. The molecular formula is C21H20F2N4O5. The highest BCUT2D eigenvalue weighted by molar-refractivity contribution is 5.99. The molecule has 0 aliphatic carbocycles. The first kappa shape index (κ1) is 21.5. The van der Waals surface area contributed by atoms with Gasteiger partial charge >= 0.3 is 0 Å². The van der Waals surface area contributed by atoms with Crippen LogP contribution in [0.15, 0.2) is 34.3 Å². The van der Waals surface area contributed by atoms with Crippen LogP contribution in [-0.2, 0) is 11.4 Å². The Bertz CT molecular complexity index is 1230. The highest BCUT2D eigenvalue weighted by Crippen LogP contribution is 2.37. The van der Waals surface area contributed by atoms with Gasteiger partial charge < -0.3 is 25.1 Å². The summed E-state index contributed by atoms with van der Waals surface area (Å²) in [7, 11) is 0. The van der Waals surface area contributed by atoms with Gasteiger partial charge in [-0.15, -0.1) is 0 Å². The van der Waals surface area contributed by atoms with Crippen molar-refractivity contribution in [3.05, 3.63) is 63.1 Å². The first-order valence-electron chi connectivity index (χ1n) is 9.81. The molecule has 9 nitrogen and oxygen atoms in total. The maximum atomic E-state index is 13.8. The Morgan fingerprint density at radius 3 is 2.81 bits per heavy atom. The van der Waals surface area contributed by atoms with Crippen molar-refractivity contribution < 1.29 is 28.3 Å². The largest absolute Gasteiger partial charge is 0.503 e. The molecule has 3 N–H and O–H groups in total. The van der Waals surface area contributed by atoms with Crippen LogP contribution < -0.4 is 16.1 Å². The molecule has 4 rings (SSSR count). The van der Waals surface area contributed by atoms with E-state index in [0.29, 0.717) is 12.5 Å². The summed E-state index contributed by atoms with van der Waals surface area (Å²) in [6.45, 7) is 3.36. The summed E-state index contributed by atoms with van der Waals surface area (Å²) in [5, 5.41) is 19.4. The number of benzene rings is 1. The molecule has 11 heteroatoms. The topological polar surface area (TPSA) is 122 Å². The first-order chi connectivity index (χ1) is 15.1. The number of nitrogens with zero attached hydrogens (tertiary/aromatic N) is 2. The number of aromatic nitrogens is 1. The molecule has 2 aromatic rings. The number of pyridine rings is 1. The highest BCUT2D eigenvalue weighted by atomic mass is 19.1. The van der Waals surface area contributed by atoms with Crippen LogP contribution in [-0.4, -0.2) is 39.3 Å². The average molecular weight is 446 g/mol. The highest BCUT2D eigenvalue weighted by Gasteiger charge is 2.46. The number of halogens is 2. The van der Waals surface area contributed by atoms with E-state index < -0.39 is 51.8 Å². The van der Waals surface area contributed by atoms with Gasteiger partial charge in [-0.2, -0.15) is 0 Å². The number of carbonyl (C=O) groups excluding carboxylic acids is 2. The molecule has 0 unspecified atom stereocenters. The van der Waals surface area contributed by atoms with Gasteiger partial charge in [-0.3, -0.25) is 14.4 Å². The summed E-state index contributed by atoms with van der Waals surface area (Å²) < 4.78 is 28.3. The molecule has 1 aromatic heterocycles. The zero-order chi connectivity index (χ0) is 23.2. The van der Waals surface area contributed by atoms with Crippen molar-refractivity contribution in [1.82, 2.24) is 15.2 Å². The third-order valence-electron chi connectivity index (χ3n) is 5.64. The van der Waals surface area contributed by atoms with Gasteiger partial charge in [0, 0.05) is 37.3 Å². The Hall–Kier alpha value is -3.76. The summed E-state index contributed by atoms with van der Waals surface area (Å²) in [5.74, 6) is -4.06. The molecule has 0 spiro atoms. The lowest BCUT2D eigenvalue weighted by molar-refractivity contribution is -0.0459. The Labute approximate surface area is 180 Å². The fourth-order valence-electron chi connectivity index (χ4n) is 4.00. The minimum atomic E-state index is -1.05. The van der Waals surface area contributed by atoms with Gasteiger partial charge in [-0.05, 0) is 19.9 Å². The van der Waals surface area contributed by atoms with Crippen molar-refractivity contribution in [2.24, 2.45) is 5.16 Å². The number of oxime groups is 1. The zero-order valence-electron chi connectivity index (χ0n) is 17.2. The number of fused-ring (bicyclic) bond motifs is 1. The molecule has 32 heavy (non-hydrogen) atoms. The second-order valence-corrected chi connectivity index (χ2v) is 8.03. The van der Waals surface area contributed by atoms with Crippen LogP contribution in [0.5, 0.6) is 5.75 Å². The maximum Gasteiger partial charge on any atom is 0.272 e. The summed E-state index contributed by atoms with van der Waals surface area (Å²) >= 11 is 0. The Kier molecular flexibility index (Phi) is 5.19. The normalized spacial score (nSPS) is 21.9. The number of nitrogens with one attached hydrogen (secondary N) is 2. The molecule has 0 bridgehead atoms. The van der Waals surface area contributed by atoms with Crippen LogP contribution in [0.4, 0.5) is 8.78 Å². The third kappa shape index (κ3) is 3.59. The molecule has 0 saturated heterocycles. The fourth-order valence-corrected chi connectivity index (χ4v) is 4.00. The van der Waals surface area contributed by atoms with E-state index in [-0.39, 0.29) is 24.3 Å². The van der Waals surface area contributed by atoms with Crippen molar-refractivity contribution in [1.29, 1.82) is 0 Å². The van der Waals surface area contributed by atoms with Gasteiger partial charge in [0.05, 0.1) is 11.8 Å². The van der Waals surface area contributed by atoms with Crippen molar-refractivity contribution in [2.45, 2.75) is 38.5 Å². The summed E-state index contributed by atoms with van der Waals surface area (Å²) in [6, 6.07) is 2.31. The second-order valence-electron chi connectivity index (χ2n) is 8.03. The molecule has 2 amide bonds. The Balaban J connectivity index is 1.69. The molecule has 2 aliphatic heterocycles. The molecule has 0 fully saturated rings. The molecule has 2 atom stereocenters. The zero-order valence-corrected chi connectivity index (χ0v) is 17.2. The summed E-state index contributed by atoms with van der Waals surface area (Å²) in [4.78, 5) is 43.3. The van der Waals surface area contributed by atoms with Crippen LogP contribution in [0.3, 0.4) is 0 Å². The lowest BCUT2D eigenvalue weighted by Gasteiger charge is -2.38. The van der Waals surface area contributed by atoms with Gasteiger partial charge in [-0.1, -0.05) is 11.2 Å². The number of hydrogen-bond acceptors (Lipinski definition) is 6. The van der Waals surface area contributed by atoms with Crippen molar-refractivity contribution in [3.63, 3.8) is 0 Å². The van der Waals surface area contributed by atoms with Crippen LogP contribution in [0.25, 0.3) is 0 Å². The van der Waals surface area contributed by atoms with Gasteiger partial charge in [0.15, 0.2) is 17.0 Å². The quantitative estimate of drug-likeness (QED) is 0.659. The standard InChI is InChI=1S/C21H20F2N4O5/c1-10-6-21(2,32-26-10)15-8-25-20(31)16-18(29)17(28)13(9-27(15)16)19(30)24-7-11-3-4-12(22)5-14(11)23/h3-5,9,15,29H,6-8H2,1-2H3,(H,24,30)(H,25,31)/t15-,21+/m1/s1. The van der Waals surface area contributed by atoms with E-state index >= 15 is 0 Å². The van der Waals surface area contributed by atoms with Crippen molar-refractivity contribution in [3.8, 4) is 5.75 Å². The molecule has 1 aromatic carbocycles. The number of hydrogen-bond donors (Lipinski definition) is 3. The molecule has 2 aliphatic rings. The molecule has 3 heterocycles. The minimum Gasteiger partial charge on any atom is -0.503 e. The first-order valence-corrected chi connectivity index (χ1v) is 9.81. The molecule has 0 saturated carbocycles. The summed E-state index contributed by atoms with van der Waals surface area (Å²) in [6.07, 6.45) is 1.62. The second kappa shape index (κ2) is 7.74. The number of amides is 2. The van der Waals surface area contributed by atoms with Crippen LogP contribution in [0.2, 0.25) is 0 Å². The predicted molar refractivity (Wildman–Crippen MR) is 108 cm³/mol. The van der Waals surface area contributed by atoms with E-state index in [0.717, 1.165) is 11.8 Å². The van der Waals surface area contributed by atoms with Gasteiger partial charge in [0.25, 0.3) is 11.8 Å². The lowest BCUT2D eigenvalue weighted by atomic mass is 9.89. The third-order valence-corrected chi connectivity index (χ3v) is 5.64. The van der Waals surface area contributed by atoms with E-state index in [1.807, 2.05) is 0 Å². The average Bonchev–Trinajstić information content (AvgIpc) is 3.09. The minimum absolute atomic E-state index is 0.0128. The lowest BCUT2D eigenvalue weighted by Crippen LogP contribution is -2.50. The molecule has 0 radical (unpaired) electrons. The molecular weight excluding hydrogens is 426 g/mol. The monoisotopic (exact) mass is 446 g/mol. The van der Waals surface area contributed by atoms with E-state index in [1.54, 1.807) is 13.8 Å². The van der Waals surface area contributed by atoms with Gasteiger partial charge in [0.2, 0.25) is 5.43 Å². The Morgan fingerprint density at radius 2 is 2.16 bits per heavy atom. The van der Waals surface area contributed by atoms with E-state index in [2.05, 4.69) is 15.8 Å². The van der Waals surface area contributed by atoms with E-state index in [4.69, 9.17) is 4.84 Å². The fraction of sp³-hybridized carbons (Fsp3) is 0.333. The van der Waals surface area contributed by atoms with Gasteiger partial charge in [-0.25, -0.2) is 8.78 Å². The van der Waals surface area contributed by atoms with Crippen molar-refractivity contribution >= 4 is 17.5 Å². The van der Waals surface area contributed by atoms with Crippen LogP contribution in [0, 0.1) is 11.6 Å². The maximum absolute atomic E-state index is 13.8. The van der Waals surface area contributed by atoms with E-state index in [1.165, 1.54) is 16.8 Å². The van der Waals surface area contributed by atoms with E-state index in [9.17, 15) is 28.3 Å². The molecule has 168 valence electrons. The van der Waals surface area contributed by atoms with Crippen LogP contribution >= 0.6 is 0 Å². The van der Waals surface area contributed by atoms with Crippen LogP contribution in [0.1, 0.15) is 52.7 Å².